The number of rotatable bonds is 19. The van der Waals surface area contributed by atoms with E-state index >= 15 is 0 Å². The lowest BCUT2D eigenvalue weighted by Crippen LogP contribution is -2.20. The highest BCUT2D eigenvalue weighted by molar-refractivity contribution is 5.89. The predicted molar refractivity (Wildman–Crippen MR) is 191 cm³/mol. The molecule has 1 heterocycles. The molecule has 4 rings (SSSR count). The minimum atomic E-state index is -0.626. The van der Waals surface area contributed by atoms with Crippen LogP contribution in [0.5, 0.6) is 17.2 Å². The topological polar surface area (TPSA) is 174 Å². The van der Waals surface area contributed by atoms with Crippen LogP contribution >= 0.6 is 0 Å². The molecule has 9 heteroatoms. The summed E-state index contributed by atoms with van der Waals surface area (Å²) in [4.78, 5) is 16.4. The van der Waals surface area contributed by atoms with E-state index in [1.54, 1.807) is 49.5 Å². The van der Waals surface area contributed by atoms with E-state index in [0.717, 1.165) is 54.4 Å². The molecule has 0 spiro atoms. The second-order valence-corrected chi connectivity index (χ2v) is 12.6. The lowest BCUT2D eigenvalue weighted by atomic mass is 9.85. The van der Waals surface area contributed by atoms with Crippen molar-refractivity contribution in [1.82, 2.24) is 0 Å². The van der Waals surface area contributed by atoms with E-state index in [9.17, 15) is 25.2 Å². The third kappa shape index (κ3) is 11.7. The molecule has 3 aromatic carbocycles. The van der Waals surface area contributed by atoms with Crippen LogP contribution in [0.25, 0.3) is 0 Å². The molecule has 0 fully saturated rings. The first-order chi connectivity index (χ1) is 23.6. The Hall–Kier alpha value is -4.70. The molecule has 2 unspecified atom stereocenters. The Morgan fingerprint density at radius 2 is 1.65 bits per heavy atom. The van der Waals surface area contributed by atoms with Gasteiger partial charge in [0.1, 0.15) is 5.75 Å². The maximum Gasteiger partial charge on any atom is 0.161 e. The number of benzene rings is 3. The number of unbranched alkanes of at least 4 members (excludes halogenated alkanes) is 3. The van der Waals surface area contributed by atoms with Crippen molar-refractivity contribution < 1.29 is 30.0 Å². The van der Waals surface area contributed by atoms with Crippen molar-refractivity contribution in [3.05, 3.63) is 124 Å². The molecule has 0 amide bonds. The molecular formula is C40H48N3O6-. The molecule has 0 aliphatic carbocycles. The van der Waals surface area contributed by atoms with Gasteiger partial charge in [-0.3, -0.25) is 9.79 Å². The van der Waals surface area contributed by atoms with Gasteiger partial charge in [0.15, 0.2) is 17.3 Å². The Kier molecular flexibility index (Phi) is 14.2. The standard InChI is InChI=1S/C40H49N3O6/c1-27(44)7-5-3-2-4-6-8-33(45)16-9-28-11-18-37(47)39(24-28)49-22-20-29-10-17-36(46)35(23-29)34(25-38(48)32-19-21-43-26-32)30-12-14-31(15-13-30)40(41)42/h6,8,10-15,17-19,21,23-24,26-27,34,40,44,46-48H,2-5,7,9,16,20,22,25,41-42H2,1H3/p-1. The summed E-state index contributed by atoms with van der Waals surface area (Å²) in [7, 11) is 0. The van der Waals surface area contributed by atoms with Crippen molar-refractivity contribution in [3.63, 3.8) is 0 Å². The van der Waals surface area contributed by atoms with E-state index in [4.69, 9.17) is 16.2 Å². The maximum atomic E-state index is 13.2. The van der Waals surface area contributed by atoms with Crippen LogP contribution in [0, 0.1) is 0 Å². The molecule has 0 saturated carbocycles. The van der Waals surface area contributed by atoms with Crippen molar-refractivity contribution >= 4 is 12.0 Å². The molecule has 0 radical (unpaired) electrons. The van der Waals surface area contributed by atoms with Crippen LogP contribution in [0.1, 0.15) is 91.8 Å². The average molecular weight is 667 g/mol. The summed E-state index contributed by atoms with van der Waals surface area (Å²) in [6.45, 7) is 2.05. The third-order valence-corrected chi connectivity index (χ3v) is 8.59. The zero-order valence-electron chi connectivity index (χ0n) is 28.1. The minimum absolute atomic E-state index is 0.0122. The number of nitrogens with zero attached hydrogens (tertiary/aromatic N) is 1. The molecule has 3 aromatic rings. The SMILES string of the molecule is CC(O)CCCCCC=CC(=O)CCc1ccc(O)c(OCCc2ccc(O)c(C(CC([O-])=C3C=CN=C3)c3ccc(C(N)N)cc3)c2)c1. The number of phenols is 2. The van der Waals surface area contributed by atoms with Gasteiger partial charge in [-0.05, 0) is 97.2 Å². The quantitative estimate of drug-likeness (QED) is 0.0465. The number of carbonyl (C=O) groups is 1. The number of hydrogen-bond donors (Lipinski definition) is 5. The van der Waals surface area contributed by atoms with Gasteiger partial charge in [-0.15, -0.1) is 5.76 Å². The highest BCUT2D eigenvalue weighted by Crippen LogP contribution is 2.37. The summed E-state index contributed by atoms with van der Waals surface area (Å²) in [6, 6.07) is 17.8. The summed E-state index contributed by atoms with van der Waals surface area (Å²) in [5, 5.41) is 43.9. The number of allylic oxidation sites excluding steroid dienone is 5. The van der Waals surface area contributed by atoms with Crippen LogP contribution in [0.2, 0.25) is 0 Å². The van der Waals surface area contributed by atoms with Crippen molar-refractivity contribution in [2.24, 2.45) is 16.5 Å². The summed E-state index contributed by atoms with van der Waals surface area (Å²) >= 11 is 0. The van der Waals surface area contributed by atoms with Crippen molar-refractivity contribution in [2.45, 2.75) is 82.9 Å². The normalized spacial score (nSPS) is 14.9. The first-order valence-corrected chi connectivity index (χ1v) is 17.0. The van der Waals surface area contributed by atoms with E-state index in [-0.39, 0.29) is 42.2 Å². The number of carbonyl (C=O) groups excluding carboxylic acids is 1. The number of aryl methyl sites for hydroxylation is 1. The zero-order valence-corrected chi connectivity index (χ0v) is 28.1. The Morgan fingerprint density at radius 3 is 2.35 bits per heavy atom. The summed E-state index contributed by atoms with van der Waals surface area (Å²) < 4.78 is 5.97. The molecule has 49 heavy (non-hydrogen) atoms. The third-order valence-electron chi connectivity index (χ3n) is 8.59. The maximum absolute atomic E-state index is 13.2. The number of phenolic OH excluding ortho intramolecular Hbond substituents is 2. The van der Waals surface area contributed by atoms with Crippen molar-refractivity contribution in [2.75, 3.05) is 6.61 Å². The second kappa shape index (κ2) is 18.7. The number of ketones is 1. The van der Waals surface area contributed by atoms with Gasteiger partial charge in [0, 0.05) is 36.7 Å². The lowest BCUT2D eigenvalue weighted by Gasteiger charge is -2.25. The molecule has 1 aliphatic rings. The molecule has 2 atom stereocenters. The highest BCUT2D eigenvalue weighted by atomic mass is 16.5. The first kappa shape index (κ1) is 37.1. The summed E-state index contributed by atoms with van der Waals surface area (Å²) in [6.07, 6.45) is 13.6. The Labute approximate surface area is 289 Å². The van der Waals surface area contributed by atoms with Gasteiger partial charge in [-0.1, -0.05) is 61.4 Å². The largest absolute Gasteiger partial charge is 0.875 e. The van der Waals surface area contributed by atoms with Crippen LogP contribution in [-0.4, -0.2) is 40.0 Å². The smallest absolute Gasteiger partial charge is 0.161 e. The van der Waals surface area contributed by atoms with Gasteiger partial charge in [-0.2, -0.15) is 0 Å². The van der Waals surface area contributed by atoms with Gasteiger partial charge >= 0.3 is 0 Å². The highest BCUT2D eigenvalue weighted by Gasteiger charge is 2.20. The van der Waals surface area contributed by atoms with E-state index in [1.165, 1.54) is 6.21 Å². The number of aliphatic hydroxyl groups excluding tert-OH is 1. The zero-order chi connectivity index (χ0) is 35.2. The predicted octanol–water partition coefficient (Wildman–Crippen LogP) is 5.76. The monoisotopic (exact) mass is 666 g/mol. The molecule has 1 aliphatic heterocycles. The van der Waals surface area contributed by atoms with Crippen LogP contribution in [0.3, 0.4) is 0 Å². The van der Waals surface area contributed by atoms with E-state index in [0.29, 0.717) is 36.1 Å². The van der Waals surface area contributed by atoms with Gasteiger partial charge in [0.05, 0.1) is 18.9 Å². The molecule has 0 saturated heterocycles. The van der Waals surface area contributed by atoms with Crippen molar-refractivity contribution in [1.29, 1.82) is 0 Å². The Morgan fingerprint density at radius 1 is 0.939 bits per heavy atom. The van der Waals surface area contributed by atoms with Gasteiger partial charge in [0.2, 0.25) is 0 Å². The molecular weight excluding hydrogens is 618 g/mol. The molecule has 260 valence electrons. The number of hydrogen-bond acceptors (Lipinski definition) is 9. The summed E-state index contributed by atoms with van der Waals surface area (Å²) in [5.41, 5.74) is 16.2. The number of aliphatic imine (C=N–C) groups is 1. The lowest BCUT2D eigenvalue weighted by molar-refractivity contribution is -0.307. The van der Waals surface area contributed by atoms with Crippen molar-refractivity contribution in [3.8, 4) is 17.2 Å². The fourth-order valence-corrected chi connectivity index (χ4v) is 5.71. The fourth-order valence-electron chi connectivity index (χ4n) is 5.71. The fraction of sp³-hybridized carbons (Fsp3) is 0.350. The Bertz CT molecular complexity index is 1640. The van der Waals surface area contributed by atoms with Crippen LogP contribution in [-0.2, 0) is 17.6 Å². The van der Waals surface area contributed by atoms with Crippen LogP contribution in [0.15, 0.2) is 101 Å². The molecule has 0 bridgehead atoms. The van der Waals surface area contributed by atoms with Crippen LogP contribution < -0.4 is 21.3 Å². The van der Waals surface area contributed by atoms with Gasteiger partial charge < -0.3 is 36.6 Å². The van der Waals surface area contributed by atoms with Gasteiger partial charge in [0.25, 0.3) is 0 Å². The van der Waals surface area contributed by atoms with E-state index < -0.39 is 12.1 Å². The number of aromatic hydroxyl groups is 2. The summed E-state index contributed by atoms with van der Waals surface area (Å²) in [5.74, 6) is -0.0632. The van der Waals surface area contributed by atoms with Gasteiger partial charge in [-0.25, -0.2) is 0 Å². The van der Waals surface area contributed by atoms with E-state index in [2.05, 4.69) is 4.99 Å². The molecule has 7 N–H and O–H groups in total. The first-order valence-electron chi connectivity index (χ1n) is 17.0. The second-order valence-electron chi connectivity index (χ2n) is 12.6. The molecule has 0 aromatic heterocycles. The minimum Gasteiger partial charge on any atom is -0.875 e. The average Bonchev–Trinajstić information content (AvgIpc) is 3.63. The molecule has 9 nitrogen and oxygen atoms in total. The Balaban J connectivity index is 1.37. The van der Waals surface area contributed by atoms with E-state index in [1.807, 2.05) is 42.5 Å². The number of ether oxygens (including phenoxy) is 1. The van der Waals surface area contributed by atoms with Crippen LogP contribution in [0.4, 0.5) is 0 Å². The number of nitrogens with two attached hydrogens (primary N) is 2. The number of aliphatic hydroxyl groups is 1.